The molecule has 0 spiro atoms. The Hall–Kier alpha value is -2.31. The number of likely N-dealkylation sites (N-methyl/N-ethyl adjacent to an activating group) is 1. The standard InChI is InChI=1S/C16H17F3N2O2/c1-3-11-8-14(12-6-4-5-7-13(12)20-11)23-9-15(22)21(2)10-16(17,18)19/h4-8H,3,9-10H2,1-2H3. The molecule has 4 nitrogen and oxygen atoms in total. The highest BCUT2D eigenvalue weighted by Gasteiger charge is 2.31. The van der Waals surface area contributed by atoms with E-state index in [1.165, 1.54) is 0 Å². The predicted molar refractivity (Wildman–Crippen MR) is 80.3 cm³/mol. The van der Waals surface area contributed by atoms with E-state index in [4.69, 9.17) is 4.74 Å². The van der Waals surface area contributed by atoms with Gasteiger partial charge in [0.25, 0.3) is 5.91 Å². The maximum atomic E-state index is 12.3. The third-order valence-electron chi connectivity index (χ3n) is 3.29. The molecule has 0 saturated carbocycles. The molecule has 0 radical (unpaired) electrons. The second kappa shape index (κ2) is 6.85. The van der Waals surface area contributed by atoms with E-state index in [1.54, 1.807) is 18.2 Å². The van der Waals surface area contributed by atoms with Crippen LogP contribution in [-0.4, -0.2) is 42.2 Å². The van der Waals surface area contributed by atoms with Gasteiger partial charge in [0.15, 0.2) is 6.61 Å². The van der Waals surface area contributed by atoms with E-state index in [0.717, 1.165) is 23.6 Å². The van der Waals surface area contributed by atoms with Crippen LogP contribution in [0.4, 0.5) is 13.2 Å². The third kappa shape index (κ3) is 4.58. The van der Waals surface area contributed by atoms with Gasteiger partial charge in [-0.05, 0) is 18.6 Å². The molecule has 1 amide bonds. The van der Waals surface area contributed by atoms with E-state index in [1.807, 2.05) is 19.1 Å². The number of ether oxygens (including phenoxy) is 1. The number of benzene rings is 1. The van der Waals surface area contributed by atoms with Gasteiger partial charge in [-0.1, -0.05) is 19.1 Å². The molecule has 23 heavy (non-hydrogen) atoms. The number of carbonyl (C=O) groups excluding carboxylic acids is 1. The summed E-state index contributed by atoms with van der Waals surface area (Å²) < 4.78 is 42.3. The lowest BCUT2D eigenvalue weighted by molar-refractivity contribution is -0.159. The number of aromatic nitrogens is 1. The number of nitrogens with zero attached hydrogens (tertiary/aromatic N) is 2. The lowest BCUT2D eigenvalue weighted by atomic mass is 10.1. The highest BCUT2D eigenvalue weighted by atomic mass is 19.4. The second-order valence-corrected chi connectivity index (χ2v) is 5.14. The second-order valence-electron chi connectivity index (χ2n) is 5.14. The molecule has 0 N–H and O–H groups in total. The molecule has 2 rings (SSSR count). The van der Waals surface area contributed by atoms with Gasteiger partial charge in [-0.2, -0.15) is 13.2 Å². The summed E-state index contributed by atoms with van der Waals surface area (Å²) >= 11 is 0. The van der Waals surface area contributed by atoms with E-state index in [2.05, 4.69) is 4.98 Å². The lowest BCUT2D eigenvalue weighted by Gasteiger charge is -2.19. The number of hydrogen-bond acceptors (Lipinski definition) is 3. The first-order valence-electron chi connectivity index (χ1n) is 7.12. The van der Waals surface area contributed by atoms with Crippen LogP contribution >= 0.6 is 0 Å². The highest BCUT2D eigenvalue weighted by molar-refractivity contribution is 5.86. The maximum Gasteiger partial charge on any atom is 0.406 e. The fourth-order valence-corrected chi connectivity index (χ4v) is 2.10. The molecule has 0 aliphatic rings. The first kappa shape index (κ1) is 17.1. The van der Waals surface area contributed by atoms with Crippen molar-refractivity contribution in [2.45, 2.75) is 19.5 Å². The van der Waals surface area contributed by atoms with Gasteiger partial charge in [-0.25, -0.2) is 0 Å². The summed E-state index contributed by atoms with van der Waals surface area (Å²) in [5.41, 5.74) is 1.51. The van der Waals surface area contributed by atoms with Gasteiger partial charge < -0.3 is 9.64 Å². The smallest absolute Gasteiger partial charge is 0.406 e. The Morgan fingerprint density at radius 2 is 2.00 bits per heavy atom. The molecule has 1 aromatic carbocycles. The number of rotatable bonds is 5. The molecule has 0 unspecified atom stereocenters. The molecule has 1 aromatic heterocycles. The average molecular weight is 326 g/mol. The van der Waals surface area contributed by atoms with Gasteiger partial charge in [-0.3, -0.25) is 9.78 Å². The zero-order chi connectivity index (χ0) is 17.0. The van der Waals surface area contributed by atoms with Gasteiger partial charge in [0.05, 0.1) is 5.52 Å². The van der Waals surface area contributed by atoms with Gasteiger partial charge in [0, 0.05) is 24.2 Å². The zero-order valence-corrected chi connectivity index (χ0v) is 12.9. The van der Waals surface area contributed by atoms with Crippen LogP contribution in [0.1, 0.15) is 12.6 Å². The number of halogens is 3. The number of fused-ring (bicyclic) bond motifs is 1. The third-order valence-corrected chi connectivity index (χ3v) is 3.29. The molecule has 0 bridgehead atoms. The Bertz CT molecular complexity index is 701. The van der Waals surface area contributed by atoms with Crippen LogP contribution in [0, 0.1) is 0 Å². The van der Waals surface area contributed by atoms with Crippen molar-refractivity contribution in [1.82, 2.24) is 9.88 Å². The molecule has 0 atom stereocenters. The first-order chi connectivity index (χ1) is 10.8. The summed E-state index contributed by atoms with van der Waals surface area (Å²) in [6.45, 7) is 0.180. The van der Waals surface area contributed by atoms with Gasteiger partial charge in [0.2, 0.25) is 0 Å². The molecule has 1 heterocycles. The number of aryl methyl sites for hydroxylation is 1. The fourth-order valence-electron chi connectivity index (χ4n) is 2.10. The molecule has 124 valence electrons. The lowest BCUT2D eigenvalue weighted by Crippen LogP contribution is -2.38. The minimum atomic E-state index is -4.43. The van der Waals surface area contributed by atoms with Crippen molar-refractivity contribution < 1.29 is 22.7 Å². The summed E-state index contributed by atoms with van der Waals surface area (Å²) in [7, 11) is 1.10. The summed E-state index contributed by atoms with van der Waals surface area (Å²) in [6, 6.07) is 8.96. The van der Waals surface area contributed by atoms with Crippen LogP contribution in [0.2, 0.25) is 0 Å². The zero-order valence-electron chi connectivity index (χ0n) is 12.9. The molecule has 7 heteroatoms. The Balaban J connectivity index is 2.14. The molecule has 2 aromatic rings. The molecular weight excluding hydrogens is 309 g/mol. The van der Waals surface area contributed by atoms with Gasteiger partial charge >= 0.3 is 6.18 Å². The Labute approximate surface area is 131 Å². The quantitative estimate of drug-likeness (QED) is 0.847. The van der Waals surface area contributed by atoms with Crippen molar-refractivity contribution in [2.75, 3.05) is 20.2 Å². The highest BCUT2D eigenvalue weighted by Crippen LogP contribution is 2.25. The Kier molecular flexibility index (Phi) is 5.08. The number of amides is 1. The van der Waals surface area contributed by atoms with Crippen LogP contribution in [0.25, 0.3) is 10.9 Å². The van der Waals surface area contributed by atoms with Crippen molar-refractivity contribution >= 4 is 16.8 Å². The minimum absolute atomic E-state index is 0.446. The van der Waals surface area contributed by atoms with Crippen molar-refractivity contribution in [2.24, 2.45) is 0 Å². The maximum absolute atomic E-state index is 12.3. The molecule has 0 fully saturated rings. The number of alkyl halides is 3. The van der Waals surface area contributed by atoms with Gasteiger partial charge in [-0.15, -0.1) is 0 Å². The molecule has 0 saturated heterocycles. The van der Waals surface area contributed by atoms with Crippen LogP contribution in [-0.2, 0) is 11.2 Å². The molecule has 0 aliphatic heterocycles. The SMILES string of the molecule is CCc1cc(OCC(=O)N(C)CC(F)(F)F)c2ccccc2n1. The number of hydrogen-bond donors (Lipinski definition) is 0. The molecule has 0 aliphatic carbocycles. The Morgan fingerprint density at radius 1 is 1.30 bits per heavy atom. The van der Waals surface area contributed by atoms with Crippen molar-refractivity contribution in [3.05, 3.63) is 36.0 Å². The van der Waals surface area contributed by atoms with Crippen molar-refractivity contribution in [3.8, 4) is 5.75 Å². The number of carbonyl (C=O) groups is 1. The minimum Gasteiger partial charge on any atom is -0.483 e. The first-order valence-corrected chi connectivity index (χ1v) is 7.12. The summed E-state index contributed by atoms with van der Waals surface area (Å²) in [6.07, 6.45) is -3.74. The monoisotopic (exact) mass is 326 g/mol. The van der Waals surface area contributed by atoms with Crippen LogP contribution in [0.3, 0.4) is 0 Å². The van der Waals surface area contributed by atoms with Crippen LogP contribution < -0.4 is 4.74 Å². The van der Waals surface area contributed by atoms with E-state index >= 15 is 0 Å². The van der Waals surface area contributed by atoms with E-state index < -0.39 is 25.2 Å². The average Bonchev–Trinajstić information content (AvgIpc) is 2.50. The summed E-state index contributed by atoms with van der Waals surface area (Å²) in [5, 5.41) is 0.718. The van der Waals surface area contributed by atoms with E-state index in [0.29, 0.717) is 17.1 Å². The molecular formula is C16H17F3N2O2. The van der Waals surface area contributed by atoms with Crippen molar-refractivity contribution in [1.29, 1.82) is 0 Å². The summed E-state index contributed by atoms with van der Waals surface area (Å²) in [5.74, 6) is -0.289. The Morgan fingerprint density at radius 3 is 2.65 bits per heavy atom. The normalized spacial score (nSPS) is 11.5. The van der Waals surface area contributed by atoms with E-state index in [-0.39, 0.29) is 0 Å². The van der Waals surface area contributed by atoms with Crippen LogP contribution in [0.15, 0.2) is 30.3 Å². The predicted octanol–water partition coefficient (Wildman–Crippen LogP) is 3.20. The van der Waals surface area contributed by atoms with Crippen molar-refractivity contribution in [3.63, 3.8) is 0 Å². The number of pyridine rings is 1. The largest absolute Gasteiger partial charge is 0.483 e. The van der Waals surface area contributed by atoms with E-state index in [9.17, 15) is 18.0 Å². The topological polar surface area (TPSA) is 42.4 Å². The van der Waals surface area contributed by atoms with Gasteiger partial charge in [0.1, 0.15) is 12.3 Å². The van der Waals surface area contributed by atoms with Crippen LogP contribution in [0.5, 0.6) is 5.75 Å². The fraction of sp³-hybridized carbons (Fsp3) is 0.375. The summed E-state index contributed by atoms with van der Waals surface area (Å²) in [4.78, 5) is 16.8. The number of para-hydroxylation sites is 1.